The first-order chi connectivity index (χ1) is 17.2. The summed E-state index contributed by atoms with van der Waals surface area (Å²) >= 11 is 1.33. The number of allylic oxidation sites excluding steroid dienone is 1. The molecule has 1 aliphatic rings. The Bertz CT molecular complexity index is 1200. The Kier molecular flexibility index (Phi) is 8.24. The smallest absolute Gasteiger partial charge is 0.185 e. The van der Waals surface area contributed by atoms with Gasteiger partial charge in [-0.05, 0) is 42.5 Å². The number of hydrogen-bond donors (Lipinski definition) is 1. The minimum absolute atomic E-state index is 0.0582. The molecule has 190 valence electrons. The Morgan fingerprint density at radius 2 is 1.89 bits per heavy atom. The number of ketones is 1. The third-order valence-corrected chi connectivity index (χ3v) is 7.22. The summed E-state index contributed by atoms with van der Waals surface area (Å²) in [4.78, 5) is 16.1. The third kappa shape index (κ3) is 6.22. The monoisotopic (exact) mass is 519 g/mol. The number of aliphatic hydroxyl groups is 1. The fourth-order valence-electron chi connectivity index (χ4n) is 3.80. The van der Waals surface area contributed by atoms with E-state index in [1.165, 1.54) is 71.6 Å². The van der Waals surface area contributed by atoms with E-state index in [4.69, 9.17) is 9.47 Å². The molecule has 11 heteroatoms. The van der Waals surface area contributed by atoms with Crippen molar-refractivity contribution < 1.29 is 32.5 Å². The minimum Gasteiger partial charge on any atom is -0.382 e. The lowest BCUT2D eigenvalue weighted by atomic mass is 9.90. The second-order valence-electron chi connectivity index (χ2n) is 8.31. The Labute approximate surface area is 209 Å². The summed E-state index contributed by atoms with van der Waals surface area (Å²) in [6.07, 6.45) is 4.75. The molecule has 4 rings (SSSR count). The molecule has 1 fully saturated rings. The van der Waals surface area contributed by atoms with E-state index < -0.39 is 34.6 Å². The number of rotatable bonds is 9. The molecule has 7 nitrogen and oxygen atoms in total. The number of hydrogen-bond acceptors (Lipinski definition) is 7. The minimum atomic E-state index is -1.74. The van der Waals surface area contributed by atoms with Gasteiger partial charge in [0, 0.05) is 22.4 Å². The van der Waals surface area contributed by atoms with Crippen molar-refractivity contribution in [1.82, 2.24) is 14.8 Å². The zero-order valence-corrected chi connectivity index (χ0v) is 20.1. The van der Waals surface area contributed by atoms with Crippen LogP contribution < -0.4 is 0 Å². The van der Waals surface area contributed by atoms with E-state index in [0.717, 1.165) is 12.1 Å². The summed E-state index contributed by atoms with van der Waals surface area (Å²) in [5, 5.41) is 14.8. The van der Waals surface area contributed by atoms with Gasteiger partial charge in [-0.15, -0.1) is 11.8 Å². The predicted octanol–water partition coefficient (Wildman–Crippen LogP) is 3.89. The van der Waals surface area contributed by atoms with Crippen LogP contribution in [0.2, 0.25) is 0 Å². The molecule has 0 bridgehead atoms. The number of halogens is 3. The second-order valence-corrected chi connectivity index (χ2v) is 9.95. The first-order valence-corrected chi connectivity index (χ1v) is 12.1. The number of ether oxygens (including phenoxy) is 2. The van der Waals surface area contributed by atoms with Crippen molar-refractivity contribution in [1.29, 1.82) is 0 Å². The molecule has 0 unspecified atom stereocenters. The summed E-state index contributed by atoms with van der Waals surface area (Å²) in [5.74, 6) is -2.35. The molecule has 1 N–H and O–H groups in total. The van der Waals surface area contributed by atoms with Crippen LogP contribution in [0, 0.1) is 17.5 Å². The van der Waals surface area contributed by atoms with Crippen LogP contribution in [0.1, 0.15) is 22.8 Å². The number of carbonyl (C=O) groups is 1. The van der Waals surface area contributed by atoms with Crippen LogP contribution in [-0.4, -0.2) is 55.7 Å². The lowest BCUT2D eigenvalue weighted by Crippen LogP contribution is -2.43. The van der Waals surface area contributed by atoms with Gasteiger partial charge in [0.05, 0.1) is 25.0 Å². The van der Waals surface area contributed by atoms with Crippen LogP contribution in [0.3, 0.4) is 0 Å². The molecule has 2 aromatic carbocycles. The van der Waals surface area contributed by atoms with Gasteiger partial charge in [0.25, 0.3) is 0 Å². The molecule has 0 spiro atoms. The van der Waals surface area contributed by atoms with Gasteiger partial charge in [-0.3, -0.25) is 4.79 Å². The Balaban J connectivity index is 1.39. The molecule has 0 amide bonds. The van der Waals surface area contributed by atoms with Gasteiger partial charge in [0.1, 0.15) is 35.7 Å². The van der Waals surface area contributed by atoms with Crippen molar-refractivity contribution >= 4 is 17.5 Å². The average Bonchev–Trinajstić information content (AvgIpc) is 3.36. The van der Waals surface area contributed by atoms with E-state index in [-0.39, 0.29) is 36.4 Å². The van der Waals surface area contributed by atoms with Crippen molar-refractivity contribution in [2.24, 2.45) is 0 Å². The van der Waals surface area contributed by atoms with E-state index in [1.807, 2.05) is 0 Å². The summed E-state index contributed by atoms with van der Waals surface area (Å²) in [6.45, 7) is 2.13. The molecule has 2 heterocycles. The Morgan fingerprint density at radius 3 is 2.53 bits per heavy atom. The summed E-state index contributed by atoms with van der Waals surface area (Å²) < 4.78 is 54.0. The number of nitrogens with zero attached hydrogens (tertiary/aromatic N) is 3. The molecule has 0 saturated carbocycles. The highest BCUT2D eigenvalue weighted by Gasteiger charge is 2.41. The fraction of sp³-hybridized carbons (Fsp3) is 0.320. The lowest BCUT2D eigenvalue weighted by Gasteiger charge is -2.37. The van der Waals surface area contributed by atoms with Crippen LogP contribution in [0.4, 0.5) is 13.2 Å². The van der Waals surface area contributed by atoms with Gasteiger partial charge in [-0.25, -0.2) is 22.8 Å². The zero-order chi connectivity index (χ0) is 25.7. The summed E-state index contributed by atoms with van der Waals surface area (Å²) in [7, 11) is 0. The molecular weight excluding hydrogens is 495 g/mol. The quantitative estimate of drug-likeness (QED) is 0.339. The van der Waals surface area contributed by atoms with Gasteiger partial charge in [0.15, 0.2) is 12.1 Å². The van der Waals surface area contributed by atoms with Crippen LogP contribution in [0.15, 0.2) is 67.3 Å². The van der Waals surface area contributed by atoms with Crippen molar-refractivity contribution in [3.63, 3.8) is 0 Å². The van der Waals surface area contributed by atoms with Gasteiger partial charge >= 0.3 is 0 Å². The molecular formula is C25H24F3N3O4S. The zero-order valence-electron chi connectivity index (χ0n) is 19.3. The SMILES string of the molecule is C[C@@H](SC1COC(/C=C/C(=O)c2ccc(F)cc2)OC1)[C@](O)(Cn1cncn1)c1ccc(F)cc1F. The molecule has 1 aromatic heterocycles. The standard InChI is InChI=1S/C25H24F3N3O4S/c1-16(25(33,13-31-15-29-14-30-31)21-7-6-19(27)10-22(21)28)36-20-11-34-24(35-12-20)9-8-23(32)17-2-4-18(26)5-3-17/h2-10,14-16,20,24,33H,11-13H2,1H3/b9-8+/t16-,20?,24?,25-/m1/s1. The van der Waals surface area contributed by atoms with E-state index in [9.17, 15) is 23.1 Å². The van der Waals surface area contributed by atoms with E-state index >= 15 is 0 Å². The van der Waals surface area contributed by atoms with Crippen LogP contribution in [0.5, 0.6) is 0 Å². The van der Waals surface area contributed by atoms with E-state index in [1.54, 1.807) is 6.92 Å². The first-order valence-electron chi connectivity index (χ1n) is 11.1. The van der Waals surface area contributed by atoms with E-state index in [0.29, 0.717) is 5.56 Å². The Morgan fingerprint density at radius 1 is 1.19 bits per heavy atom. The Hall–Kier alpha value is -2.99. The number of thioether (sulfide) groups is 1. The summed E-state index contributed by atoms with van der Waals surface area (Å²) in [6, 6.07) is 8.26. The molecule has 1 saturated heterocycles. The van der Waals surface area contributed by atoms with Crippen molar-refractivity contribution in [2.45, 2.75) is 35.9 Å². The topological polar surface area (TPSA) is 86.5 Å². The van der Waals surface area contributed by atoms with Gasteiger partial charge in [0.2, 0.25) is 0 Å². The largest absolute Gasteiger partial charge is 0.382 e. The van der Waals surface area contributed by atoms with Crippen LogP contribution in [0.25, 0.3) is 0 Å². The predicted molar refractivity (Wildman–Crippen MR) is 127 cm³/mol. The number of benzene rings is 2. The molecule has 2 atom stereocenters. The maximum absolute atomic E-state index is 14.7. The molecule has 36 heavy (non-hydrogen) atoms. The van der Waals surface area contributed by atoms with Crippen molar-refractivity contribution in [3.8, 4) is 0 Å². The highest BCUT2D eigenvalue weighted by Crippen LogP contribution is 2.38. The van der Waals surface area contributed by atoms with Crippen LogP contribution >= 0.6 is 11.8 Å². The van der Waals surface area contributed by atoms with E-state index in [2.05, 4.69) is 10.1 Å². The maximum Gasteiger partial charge on any atom is 0.185 e. The molecule has 1 aliphatic heterocycles. The lowest BCUT2D eigenvalue weighted by molar-refractivity contribution is -0.146. The highest BCUT2D eigenvalue weighted by atomic mass is 32.2. The summed E-state index contributed by atoms with van der Waals surface area (Å²) in [5.41, 5.74) is -1.46. The van der Waals surface area contributed by atoms with Gasteiger partial charge in [-0.1, -0.05) is 13.0 Å². The number of carbonyl (C=O) groups excluding carboxylic acids is 1. The fourth-order valence-corrected chi connectivity index (χ4v) is 5.12. The normalized spacial score (nSPS) is 20.8. The first kappa shape index (κ1) is 26.1. The molecule has 3 aromatic rings. The number of aromatic nitrogens is 3. The average molecular weight is 520 g/mol. The van der Waals surface area contributed by atoms with Gasteiger partial charge in [-0.2, -0.15) is 5.10 Å². The highest BCUT2D eigenvalue weighted by molar-refractivity contribution is 8.00. The van der Waals surface area contributed by atoms with Crippen molar-refractivity contribution in [2.75, 3.05) is 13.2 Å². The molecule has 0 aliphatic carbocycles. The third-order valence-electron chi connectivity index (χ3n) is 5.76. The molecule has 0 radical (unpaired) electrons. The second kappa shape index (κ2) is 11.4. The van der Waals surface area contributed by atoms with Crippen LogP contribution in [-0.2, 0) is 21.6 Å². The van der Waals surface area contributed by atoms with Crippen molar-refractivity contribution in [3.05, 3.63) is 95.8 Å². The van der Waals surface area contributed by atoms with Gasteiger partial charge < -0.3 is 14.6 Å². The maximum atomic E-state index is 14.7.